The molecule has 1 fully saturated rings. The predicted octanol–water partition coefficient (Wildman–Crippen LogP) is 0.567. The fraction of sp³-hybridized carbons (Fsp3) is 0.733. The molecule has 0 aromatic carbocycles. The van der Waals surface area contributed by atoms with Gasteiger partial charge in [0.2, 0.25) is 5.91 Å². The maximum atomic E-state index is 12.4. The minimum Gasteiger partial charge on any atom is -0.465 e. The van der Waals surface area contributed by atoms with Crippen molar-refractivity contribution in [1.82, 2.24) is 15.8 Å². The standard InChI is InChI=1S/C15H25ClN4O5/c16-9-13(22)20(7-6-12(17)21)19-14(23)11(18-15(24)25)8-10-4-2-1-3-5-10/h10-11,18H,1-9H2,(H2,17,21)(H,19,23)(H,24,25). The third-order valence-electron chi connectivity index (χ3n) is 4.15. The first-order valence-electron chi connectivity index (χ1n) is 8.28. The van der Waals surface area contributed by atoms with Crippen LogP contribution in [0.25, 0.3) is 0 Å². The van der Waals surface area contributed by atoms with Crippen molar-refractivity contribution >= 4 is 35.4 Å². The summed E-state index contributed by atoms with van der Waals surface area (Å²) in [6.45, 7) is -0.129. The highest BCUT2D eigenvalue weighted by Gasteiger charge is 2.28. The lowest BCUT2D eigenvalue weighted by molar-refractivity contribution is -0.141. The van der Waals surface area contributed by atoms with E-state index in [-0.39, 0.29) is 18.9 Å². The number of nitrogens with two attached hydrogens (primary N) is 1. The average molecular weight is 377 g/mol. The smallest absolute Gasteiger partial charge is 0.405 e. The van der Waals surface area contributed by atoms with Crippen molar-refractivity contribution in [2.75, 3.05) is 12.4 Å². The van der Waals surface area contributed by atoms with Crippen molar-refractivity contribution in [3.63, 3.8) is 0 Å². The van der Waals surface area contributed by atoms with Crippen molar-refractivity contribution in [3.05, 3.63) is 0 Å². The summed E-state index contributed by atoms with van der Waals surface area (Å²) in [6.07, 6.45) is 4.03. The van der Waals surface area contributed by atoms with E-state index in [1.165, 1.54) is 0 Å². The van der Waals surface area contributed by atoms with Crippen molar-refractivity contribution in [2.24, 2.45) is 11.7 Å². The van der Waals surface area contributed by atoms with Gasteiger partial charge in [0.25, 0.3) is 11.8 Å². The molecule has 1 atom stereocenters. The number of hydrazine groups is 1. The van der Waals surface area contributed by atoms with Crippen molar-refractivity contribution in [1.29, 1.82) is 0 Å². The number of amides is 4. The maximum Gasteiger partial charge on any atom is 0.405 e. The molecule has 0 bridgehead atoms. The lowest BCUT2D eigenvalue weighted by atomic mass is 9.84. The summed E-state index contributed by atoms with van der Waals surface area (Å²) in [7, 11) is 0. The van der Waals surface area contributed by atoms with Gasteiger partial charge in [-0.05, 0) is 12.3 Å². The van der Waals surface area contributed by atoms with Crippen LogP contribution in [0.4, 0.5) is 4.79 Å². The Balaban J connectivity index is 2.72. The van der Waals surface area contributed by atoms with Crippen molar-refractivity contribution in [2.45, 2.75) is 51.0 Å². The number of halogens is 1. The minimum absolute atomic E-state index is 0.129. The Labute approximate surface area is 151 Å². The minimum atomic E-state index is -1.32. The SMILES string of the molecule is NC(=O)CCN(NC(=O)C(CC1CCCCC1)NC(=O)O)C(=O)CCl. The highest BCUT2D eigenvalue weighted by Crippen LogP contribution is 2.27. The molecule has 1 aliphatic rings. The Morgan fingerprint density at radius 2 is 1.84 bits per heavy atom. The van der Waals surface area contributed by atoms with Gasteiger partial charge in [-0.15, -0.1) is 11.6 Å². The average Bonchev–Trinajstić information content (AvgIpc) is 2.57. The lowest BCUT2D eigenvalue weighted by Gasteiger charge is -2.28. The van der Waals surface area contributed by atoms with Gasteiger partial charge in [0.1, 0.15) is 11.9 Å². The topological polar surface area (TPSA) is 142 Å². The van der Waals surface area contributed by atoms with Gasteiger partial charge in [-0.2, -0.15) is 0 Å². The molecular weight excluding hydrogens is 352 g/mol. The number of carbonyl (C=O) groups excluding carboxylic acids is 3. The summed E-state index contributed by atoms with van der Waals surface area (Å²) in [4.78, 5) is 46.1. The van der Waals surface area contributed by atoms with E-state index in [1.54, 1.807) is 0 Å². The largest absolute Gasteiger partial charge is 0.465 e. The molecule has 25 heavy (non-hydrogen) atoms. The van der Waals surface area contributed by atoms with Crippen LogP contribution < -0.4 is 16.5 Å². The molecule has 0 aromatic heterocycles. The third kappa shape index (κ3) is 8.06. The fourth-order valence-electron chi connectivity index (χ4n) is 2.88. The number of hydrogen-bond donors (Lipinski definition) is 4. The summed E-state index contributed by atoms with van der Waals surface area (Å²) in [5.41, 5.74) is 7.39. The first-order chi connectivity index (χ1) is 11.8. The molecule has 1 rings (SSSR count). The summed E-state index contributed by atoms with van der Waals surface area (Å²) < 4.78 is 0. The molecule has 4 amide bonds. The Hall–Kier alpha value is -2.03. The van der Waals surface area contributed by atoms with Gasteiger partial charge in [-0.1, -0.05) is 32.1 Å². The molecule has 5 N–H and O–H groups in total. The molecule has 0 saturated heterocycles. The molecular formula is C15H25ClN4O5. The maximum absolute atomic E-state index is 12.4. The van der Waals surface area contributed by atoms with Gasteiger partial charge in [0.15, 0.2) is 0 Å². The summed E-state index contributed by atoms with van der Waals surface area (Å²) in [5, 5.41) is 12.1. The molecule has 1 saturated carbocycles. The van der Waals surface area contributed by atoms with E-state index in [2.05, 4.69) is 10.7 Å². The summed E-state index contributed by atoms with van der Waals surface area (Å²) >= 11 is 5.50. The van der Waals surface area contributed by atoms with E-state index in [0.717, 1.165) is 37.1 Å². The Kier molecular flexibility index (Phi) is 9.04. The van der Waals surface area contributed by atoms with E-state index in [1.807, 2.05) is 0 Å². The van der Waals surface area contributed by atoms with Crippen LogP contribution in [-0.4, -0.2) is 52.4 Å². The number of alkyl halides is 1. The zero-order valence-corrected chi connectivity index (χ0v) is 14.8. The number of rotatable bonds is 8. The Bertz CT molecular complexity index is 496. The van der Waals surface area contributed by atoms with Crippen LogP contribution in [0.15, 0.2) is 0 Å². The number of carbonyl (C=O) groups is 4. The highest BCUT2D eigenvalue weighted by atomic mass is 35.5. The second-order valence-corrected chi connectivity index (χ2v) is 6.38. The van der Waals surface area contributed by atoms with Crippen molar-refractivity contribution < 1.29 is 24.3 Å². The van der Waals surface area contributed by atoms with Crippen LogP contribution >= 0.6 is 11.6 Å². The van der Waals surface area contributed by atoms with Gasteiger partial charge in [-0.25, -0.2) is 4.79 Å². The molecule has 10 heteroatoms. The predicted molar refractivity (Wildman–Crippen MR) is 90.5 cm³/mol. The number of nitrogens with zero attached hydrogens (tertiary/aromatic N) is 1. The normalized spacial score (nSPS) is 15.9. The van der Waals surface area contributed by atoms with E-state index in [4.69, 9.17) is 22.4 Å². The first-order valence-corrected chi connectivity index (χ1v) is 8.81. The lowest BCUT2D eigenvalue weighted by Crippen LogP contribution is -2.55. The third-order valence-corrected chi connectivity index (χ3v) is 4.38. The quantitative estimate of drug-likeness (QED) is 0.362. The Morgan fingerprint density at radius 1 is 1.20 bits per heavy atom. The molecule has 1 unspecified atom stereocenters. The van der Waals surface area contributed by atoms with Crippen molar-refractivity contribution in [3.8, 4) is 0 Å². The number of carboxylic acid groups (broad SMARTS) is 1. The van der Waals surface area contributed by atoms with Crippen LogP contribution in [0, 0.1) is 5.92 Å². The second kappa shape index (κ2) is 10.8. The molecule has 9 nitrogen and oxygen atoms in total. The number of nitrogens with one attached hydrogen (secondary N) is 2. The zero-order chi connectivity index (χ0) is 18.8. The van der Waals surface area contributed by atoms with Gasteiger partial charge < -0.3 is 16.2 Å². The van der Waals surface area contributed by atoms with Crippen LogP contribution in [0.2, 0.25) is 0 Å². The van der Waals surface area contributed by atoms with Gasteiger partial charge in [0, 0.05) is 6.42 Å². The van der Waals surface area contributed by atoms with E-state index in [0.29, 0.717) is 6.42 Å². The molecule has 0 heterocycles. The monoisotopic (exact) mass is 376 g/mol. The van der Waals surface area contributed by atoms with Crippen LogP contribution in [0.1, 0.15) is 44.9 Å². The summed E-state index contributed by atoms with van der Waals surface area (Å²) in [6, 6.07) is -0.986. The van der Waals surface area contributed by atoms with Crippen LogP contribution in [0.3, 0.4) is 0 Å². The highest BCUT2D eigenvalue weighted by molar-refractivity contribution is 6.27. The van der Waals surface area contributed by atoms with E-state index >= 15 is 0 Å². The first kappa shape index (κ1) is 21.0. The van der Waals surface area contributed by atoms with E-state index in [9.17, 15) is 19.2 Å². The van der Waals surface area contributed by atoms with Crippen LogP contribution in [0.5, 0.6) is 0 Å². The molecule has 142 valence electrons. The number of primary amides is 1. The van der Waals surface area contributed by atoms with Gasteiger partial charge in [-0.3, -0.25) is 24.8 Å². The molecule has 0 radical (unpaired) electrons. The molecule has 0 spiro atoms. The number of hydrogen-bond acceptors (Lipinski definition) is 4. The molecule has 0 aromatic rings. The molecule has 0 aliphatic heterocycles. The Morgan fingerprint density at radius 3 is 2.36 bits per heavy atom. The fourth-order valence-corrected chi connectivity index (χ4v) is 3.03. The zero-order valence-electron chi connectivity index (χ0n) is 14.0. The van der Waals surface area contributed by atoms with Gasteiger partial charge in [0.05, 0.1) is 6.54 Å². The van der Waals surface area contributed by atoms with Gasteiger partial charge >= 0.3 is 6.09 Å². The summed E-state index contributed by atoms with van der Waals surface area (Å²) in [5.74, 6) is -2.04. The van der Waals surface area contributed by atoms with Crippen LogP contribution in [-0.2, 0) is 14.4 Å². The van der Waals surface area contributed by atoms with E-state index < -0.39 is 35.7 Å². The second-order valence-electron chi connectivity index (χ2n) is 6.11. The molecule has 1 aliphatic carbocycles.